The molecule has 0 bridgehead atoms. The van der Waals surface area contributed by atoms with Gasteiger partial charge in [-0.05, 0) is 25.2 Å². The number of nitrogens with one attached hydrogen (secondary N) is 1. The van der Waals surface area contributed by atoms with Gasteiger partial charge in [0.15, 0.2) is 12.3 Å². The maximum Gasteiger partial charge on any atom is 0.335 e. The molecule has 2 aliphatic rings. The average Bonchev–Trinajstić information content (AvgIpc) is 2.61. The van der Waals surface area contributed by atoms with Gasteiger partial charge < -0.3 is 25.2 Å². The molecule has 2 heterocycles. The molecule has 2 saturated heterocycles. The molecule has 0 radical (unpaired) electrons. The first-order valence-corrected chi connectivity index (χ1v) is 9.09. The van der Waals surface area contributed by atoms with Crippen molar-refractivity contribution in [1.82, 2.24) is 10.2 Å². The number of aliphatic carboxylic acids is 1. The first-order chi connectivity index (χ1) is 13.0. The van der Waals surface area contributed by atoms with Gasteiger partial charge in [0.2, 0.25) is 11.8 Å². The fraction of sp³-hybridized carbons (Fsp3) is 0.765. The molecule has 0 saturated carbocycles. The van der Waals surface area contributed by atoms with Crippen molar-refractivity contribution in [2.45, 2.75) is 70.7 Å². The molecule has 2 rings (SSSR count). The number of hydrogen-bond donors (Lipinski definition) is 5. The maximum atomic E-state index is 13.2. The van der Waals surface area contributed by atoms with Gasteiger partial charge in [-0.2, -0.15) is 0 Å². The molecule has 5 N–H and O–H groups in total. The lowest BCUT2D eigenvalue weighted by Gasteiger charge is -2.47. The predicted molar refractivity (Wildman–Crippen MR) is 91.5 cm³/mol. The Morgan fingerprint density at radius 1 is 1.18 bits per heavy atom. The standard InChI is InChI=1S/C17H26N2O9/c1-4-17(6-5-7(2)3)14(25)18-16(27)19(15(17)26)12-10(22)8(20)9(21)11(28-12)13(23)24/h7-12,20-22H,4-6H2,1-3H3,(H,23,24)(H,18,25,27)/t8-,9-,10+,11-,12+,17?/m0/s1. The van der Waals surface area contributed by atoms with Crippen LogP contribution >= 0.6 is 0 Å². The fourth-order valence-corrected chi connectivity index (χ4v) is 3.45. The summed E-state index contributed by atoms with van der Waals surface area (Å²) in [5.74, 6) is -3.20. The van der Waals surface area contributed by atoms with Crippen LogP contribution < -0.4 is 5.32 Å². The predicted octanol–water partition coefficient (Wildman–Crippen LogP) is -1.21. The van der Waals surface area contributed by atoms with Gasteiger partial charge in [0.25, 0.3) is 0 Å². The van der Waals surface area contributed by atoms with Crippen LogP contribution in [-0.2, 0) is 19.1 Å². The number of hydrogen-bond acceptors (Lipinski definition) is 8. The van der Waals surface area contributed by atoms with Crippen molar-refractivity contribution < 1.29 is 44.3 Å². The Kier molecular flexibility index (Phi) is 6.44. The number of imide groups is 2. The van der Waals surface area contributed by atoms with E-state index in [0.29, 0.717) is 11.3 Å². The van der Waals surface area contributed by atoms with E-state index in [2.05, 4.69) is 5.32 Å². The lowest BCUT2D eigenvalue weighted by molar-refractivity contribution is -0.253. The lowest BCUT2D eigenvalue weighted by atomic mass is 9.75. The molecule has 158 valence electrons. The molecule has 4 amide bonds. The Labute approximate surface area is 161 Å². The molecule has 2 aliphatic heterocycles. The number of carbonyl (C=O) groups excluding carboxylic acids is 3. The summed E-state index contributed by atoms with van der Waals surface area (Å²) in [5, 5.41) is 41.2. The summed E-state index contributed by atoms with van der Waals surface area (Å²) < 4.78 is 5.10. The second kappa shape index (κ2) is 8.11. The van der Waals surface area contributed by atoms with Crippen LogP contribution in [0.5, 0.6) is 0 Å². The van der Waals surface area contributed by atoms with E-state index >= 15 is 0 Å². The minimum Gasteiger partial charge on any atom is -0.479 e. The van der Waals surface area contributed by atoms with Gasteiger partial charge in [-0.15, -0.1) is 0 Å². The van der Waals surface area contributed by atoms with E-state index in [1.54, 1.807) is 6.92 Å². The quantitative estimate of drug-likeness (QED) is 0.341. The zero-order valence-corrected chi connectivity index (χ0v) is 15.9. The maximum absolute atomic E-state index is 13.2. The number of aliphatic hydroxyl groups excluding tert-OH is 3. The molecule has 0 aromatic rings. The van der Waals surface area contributed by atoms with Crippen LogP contribution in [0.2, 0.25) is 0 Å². The molecule has 11 nitrogen and oxygen atoms in total. The second-order valence-corrected chi connectivity index (χ2v) is 7.56. The third kappa shape index (κ3) is 3.62. The van der Waals surface area contributed by atoms with Crippen molar-refractivity contribution in [3.63, 3.8) is 0 Å². The van der Waals surface area contributed by atoms with Crippen LogP contribution in [0, 0.1) is 11.3 Å². The lowest BCUT2D eigenvalue weighted by Crippen LogP contribution is -2.72. The average molecular weight is 402 g/mol. The highest BCUT2D eigenvalue weighted by Crippen LogP contribution is 2.37. The molecule has 2 fully saturated rings. The number of urea groups is 1. The minimum atomic E-state index is -1.98. The molecular formula is C17H26N2O9. The van der Waals surface area contributed by atoms with Crippen molar-refractivity contribution in [3.8, 4) is 0 Å². The van der Waals surface area contributed by atoms with Crippen LogP contribution in [0.1, 0.15) is 40.0 Å². The zero-order chi connectivity index (χ0) is 21.4. The molecule has 6 atom stereocenters. The number of carbonyl (C=O) groups is 4. The second-order valence-electron chi connectivity index (χ2n) is 7.56. The van der Waals surface area contributed by atoms with Crippen molar-refractivity contribution >= 4 is 23.8 Å². The van der Waals surface area contributed by atoms with Crippen LogP contribution in [0.25, 0.3) is 0 Å². The van der Waals surface area contributed by atoms with E-state index in [9.17, 15) is 34.5 Å². The molecule has 0 spiro atoms. The van der Waals surface area contributed by atoms with Crippen LogP contribution in [0.3, 0.4) is 0 Å². The number of ether oxygens (including phenoxy) is 1. The van der Waals surface area contributed by atoms with E-state index < -0.39 is 59.9 Å². The summed E-state index contributed by atoms with van der Waals surface area (Å²) in [5.41, 5.74) is -1.60. The Bertz CT molecular complexity index is 667. The van der Waals surface area contributed by atoms with E-state index in [0.717, 1.165) is 0 Å². The highest BCUT2D eigenvalue weighted by Gasteiger charge is 2.58. The van der Waals surface area contributed by atoms with Crippen LogP contribution in [0.4, 0.5) is 4.79 Å². The number of carboxylic acids is 1. The molecule has 0 aromatic carbocycles. The molecule has 0 aromatic heterocycles. The van der Waals surface area contributed by atoms with Gasteiger partial charge in [0.1, 0.15) is 23.7 Å². The Balaban J connectivity index is 2.42. The van der Waals surface area contributed by atoms with E-state index in [4.69, 9.17) is 9.84 Å². The van der Waals surface area contributed by atoms with Gasteiger partial charge in [-0.25, -0.2) is 14.5 Å². The number of amides is 4. The Morgan fingerprint density at radius 2 is 1.79 bits per heavy atom. The molecule has 11 heteroatoms. The van der Waals surface area contributed by atoms with Gasteiger partial charge >= 0.3 is 12.0 Å². The molecule has 0 aliphatic carbocycles. The summed E-state index contributed by atoms with van der Waals surface area (Å²) in [6.07, 6.45) is -9.08. The van der Waals surface area contributed by atoms with E-state index in [1.807, 2.05) is 13.8 Å². The van der Waals surface area contributed by atoms with Gasteiger partial charge in [-0.3, -0.25) is 14.9 Å². The van der Waals surface area contributed by atoms with Crippen molar-refractivity contribution in [1.29, 1.82) is 0 Å². The van der Waals surface area contributed by atoms with E-state index in [-0.39, 0.29) is 18.8 Å². The Morgan fingerprint density at radius 3 is 2.29 bits per heavy atom. The monoisotopic (exact) mass is 402 g/mol. The summed E-state index contributed by atoms with van der Waals surface area (Å²) in [6, 6.07) is -1.19. The van der Waals surface area contributed by atoms with Crippen molar-refractivity contribution in [2.24, 2.45) is 11.3 Å². The molecular weight excluding hydrogens is 376 g/mol. The minimum absolute atomic E-state index is 0.0600. The van der Waals surface area contributed by atoms with Crippen LogP contribution in [-0.4, -0.2) is 79.8 Å². The smallest absolute Gasteiger partial charge is 0.335 e. The van der Waals surface area contributed by atoms with Crippen molar-refractivity contribution in [3.05, 3.63) is 0 Å². The topological polar surface area (TPSA) is 174 Å². The highest BCUT2D eigenvalue weighted by molar-refractivity contribution is 6.19. The third-order valence-corrected chi connectivity index (χ3v) is 5.34. The SMILES string of the molecule is CCC1(CCC(C)C)C(=O)NC(=O)N([C@@H]2O[C@H](C(=O)O)[C@@H](O)[C@H](O)[C@H]2O)C1=O. The van der Waals surface area contributed by atoms with Gasteiger partial charge in [-0.1, -0.05) is 20.8 Å². The fourth-order valence-electron chi connectivity index (χ4n) is 3.45. The number of rotatable bonds is 6. The molecule has 1 unspecified atom stereocenters. The Hall–Kier alpha value is -2.08. The number of carboxylic acid groups (broad SMARTS) is 1. The summed E-state index contributed by atoms with van der Waals surface area (Å²) >= 11 is 0. The number of barbiturate groups is 1. The van der Waals surface area contributed by atoms with E-state index in [1.165, 1.54) is 0 Å². The normalized spacial score (nSPS) is 36.6. The number of aliphatic hydroxyl groups is 3. The summed E-state index contributed by atoms with van der Waals surface area (Å²) in [7, 11) is 0. The first kappa shape index (κ1) is 22.2. The molecule has 28 heavy (non-hydrogen) atoms. The zero-order valence-electron chi connectivity index (χ0n) is 15.9. The van der Waals surface area contributed by atoms with Crippen molar-refractivity contribution in [2.75, 3.05) is 0 Å². The summed E-state index contributed by atoms with van der Waals surface area (Å²) in [6.45, 7) is 5.41. The van der Waals surface area contributed by atoms with Gasteiger partial charge in [0.05, 0.1) is 0 Å². The van der Waals surface area contributed by atoms with Crippen LogP contribution in [0.15, 0.2) is 0 Å². The summed E-state index contributed by atoms with van der Waals surface area (Å²) in [4.78, 5) is 49.8. The third-order valence-electron chi connectivity index (χ3n) is 5.34. The number of nitrogens with zero attached hydrogens (tertiary/aromatic N) is 1. The highest BCUT2D eigenvalue weighted by atomic mass is 16.6. The largest absolute Gasteiger partial charge is 0.479 e. The van der Waals surface area contributed by atoms with Gasteiger partial charge in [0, 0.05) is 0 Å². The first-order valence-electron chi connectivity index (χ1n) is 9.09.